The van der Waals surface area contributed by atoms with Crippen molar-refractivity contribution in [1.82, 2.24) is 15.1 Å². The Bertz CT molecular complexity index is 1060. The summed E-state index contributed by atoms with van der Waals surface area (Å²) in [7, 11) is 0. The third-order valence-electron chi connectivity index (χ3n) is 5.65. The number of carbonyl (C=O) groups excluding carboxylic acids is 1. The summed E-state index contributed by atoms with van der Waals surface area (Å²) >= 11 is 0. The molecule has 1 saturated heterocycles. The summed E-state index contributed by atoms with van der Waals surface area (Å²) in [6, 6.07) is 15.3. The number of piperidine rings is 1. The number of ether oxygens (including phenoxy) is 3. The average Bonchev–Trinajstić information content (AvgIpc) is 2.79. The maximum atomic E-state index is 13.1. The number of aromatic nitrogens is 2. The second-order valence-electron chi connectivity index (χ2n) is 7.69. The largest absolute Gasteiger partial charge is 0.482 e. The minimum Gasteiger partial charge on any atom is -0.482 e. The third-order valence-corrected chi connectivity index (χ3v) is 5.65. The Balaban J connectivity index is 1.22. The molecule has 0 aliphatic carbocycles. The smallest absolute Gasteiger partial charge is 0.267 e. The van der Waals surface area contributed by atoms with Gasteiger partial charge in [-0.2, -0.15) is 5.10 Å². The molecule has 2 atom stereocenters. The van der Waals surface area contributed by atoms with Crippen LogP contribution in [0.2, 0.25) is 0 Å². The summed E-state index contributed by atoms with van der Waals surface area (Å²) < 4.78 is 18.0. The number of benzene rings is 2. The van der Waals surface area contributed by atoms with Gasteiger partial charge in [0.15, 0.2) is 11.5 Å². The first-order chi connectivity index (χ1) is 14.7. The van der Waals surface area contributed by atoms with Crippen LogP contribution in [-0.2, 0) is 4.79 Å². The molecular formula is C23H23N3O4. The van der Waals surface area contributed by atoms with Crippen LogP contribution in [0, 0.1) is 0 Å². The highest BCUT2D eigenvalue weighted by molar-refractivity contribution is 5.85. The fraction of sp³-hybridized carbons (Fsp3) is 0.348. The normalized spacial score (nSPS) is 21.4. The molecule has 154 valence electrons. The minimum absolute atomic E-state index is 0.00386. The third kappa shape index (κ3) is 3.51. The quantitative estimate of drug-likeness (QED) is 0.666. The first kappa shape index (κ1) is 18.7. The zero-order valence-corrected chi connectivity index (χ0v) is 16.7. The molecule has 30 heavy (non-hydrogen) atoms. The highest BCUT2D eigenvalue weighted by Gasteiger charge is 2.38. The van der Waals surface area contributed by atoms with Gasteiger partial charge in [-0.05, 0) is 25.1 Å². The number of para-hydroxylation sites is 2. The lowest BCUT2D eigenvalue weighted by Crippen LogP contribution is -2.53. The summed E-state index contributed by atoms with van der Waals surface area (Å²) in [5.74, 6) is 1.80. The van der Waals surface area contributed by atoms with Crippen molar-refractivity contribution in [3.05, 3.63) is 54.7 Å². The number of likely N-dealkylation sites (tertiary alicyclic amines) is 1. The van der Waals surface area contributed by atoms with E-state index in [0.29, 0.717) is 30.5 Å². The molecule has 2 aliphatic heterocycles. The Labute approximate surface area is 174 Å². The predicted octanol–water partition coefficient (Wildman–Crippen LogP) is 3.23. The Morgan fingerprint density at radius 2 is 1.73 bits per heavy atom. The number of hydrogen-bond acceptors (Lipinski definition) is 6. The zero-order chi connectivity index (χ0) is 20.5. The summed E-state index contributed by atoms with van der Waals surface area (Å²) in [5, 5.41) is 10.2. The van der Waals surface area contributed by atoms with E-state index >= 15 is 0 Å². The van der Waals surface area contributed by atoms with Gasteiger partial charge in [0.25, 0.3) is 5.91 Å². The van der Waals surface area contributed by atoms with Crippen molar-refractivity contribution in [1.29, 1.82) is 0 Å². The van der Waals surface area contributed by atoms with Crippen molar-refractivity contribution >= 4 is 16.7 Å². The molecule has 7 nitrogen and oxygen atoms in total. The van der Waals surface area contributed by atoms with Gasteiger partial charge in [-0.3, -0.25) is 4.79 Å². The van der Waals surface area contributed by atoms with E-state index in [1.165, 1.54) is 0 Å². The Kier molecular flexibility index (Phi) is 4.86. The Morgan fingerprint density at radius 1 is 1.03 bits per heavy atom. The van der Waals surface area contributed by atoms with E-state index in [2.05, 4.69) is 10.2 Å². The fourth-order valence-electron chi connectivity index (χ4n) is 4.01. The summed E-state index contributed by atoms with van der Waals surface area (Å²) in [6.45, 7) is 3.08. The van der Waals surface area contributed by atoms with Crippen molar-refractivity contribution in [3.63, 3.8) is 0 Å². The van der Waals surface area contributed by atoms with Crippen LogP contribution in [0.5, 0.6) is 17.4 Å². The van der Waals surface area contributed by atoms with Crippen LogP contribution >= 0.6 is 0 Å². The molecule has 3 heterocycles. The van der Waals surface area contributed by atoms with Crippen LogP contribution in [0.15, 0.2) is 54.7 Å². The van der Waals surface area contributed by atoms with Crippen LogP contribution in [0.25, 0.3) is 10.8 Å². The van der Waals surface area contributed by atoms with Crippen molar-refractivity contribution in [2.75, 3.05) is 13.1 Å². The molecule has 2 aromatic carbocycles. The van der Waals surface area contributed by atoms with Gasteiger partial charge in [0.2, 0.25) is 12.0 Å². The molecule has 0 N–H and O–H groups in total. The average molecular weight is 405 g/mol. The zero-order valence-electron chi connectivity index (χ0n) is 16.7. The summed E-state index contributed by atoms with van der Waals surface area (Å²) in [6.07, 6.45) is 2.21. The number of amides is 1. The van der Waals surface area contributed by atoms with Crippen LogP contribution in [0.3, 0.4) is 0 Å². The van der Waals surface area contributed by atoms with Crippen molar-refractivity contribution in [2.24, 2.45) is 0 Å². The lowest BCUT2D eigenvalue weighted by atomic mass is 10.1. The lowest BCUT2D eigenvalue weighted by Gasteiger charge is -2.37. The molecule has 1 fully saturated rings. The van der Waals surface area contributed by atoms with Gasteiger partial charge in [-0.1, -0.05) is 30.3 Å². The number of rotatable bonds is 3. The molecular weight excluding hydrogens is 382 g/mol. The second kappa shape index (κ2) is 7.82. The molecule has 0 bridgehead atoms. The molecule has 7 heteroatoms. The first-order valence-corrected chi connectivity index (χ1v) is 10.3. The lowest BCUT2D eigenvalue weighted by molar-refractivity contribution is -0.146. The van der Waals surface area contributed by atoms with Gasteiger partial charge in [0.1, 0.15) is 12.2 Å². The van der Waals surface area contributed by atoms with Crippen LogP contribution in [0.4, 0.5) is 0 Å². The highest BCUT2D eigenvalue weighted by atomic mass is 16.6. The maximum Gasteiger partial charge on any atom is 0.267 e. The molecule has 1 amide bonds. The first-order valence-electron chi connectivity index (χ1n) is 10.3. The van der Waals surface area contributed by atoms with Crippen molar-refractivity contribution in [3.8, 4) is 17.4 Å². The van der Waals surface area contributed by atoms with E-state index in [4.69, 9.17) is 14.2 Å². The van der Waals surface area contributed by atoms with Gasteiger partial charge in [0.05, 0.1) is 6.20 Å². The highest BCUT2D eigenvalue weighted by Crippen LogP contribution is 2.34. The van der Waals surface area contributed by atoms with E-state index in [1.54, 1.807) is 6.20 Å². The number of fused-ring (bicyclic) bond motifs is 2. The monoisotopic (exact) mass is 405 g/mol. The van der Waals surface area contributed by atoms with Gasteiger partial charge < -0.3 is 19.1 Å². The van der Waals surface area contributed by atoms with Gasteiger partial charge in [-0.25, -0.2) is 0 Å². The number of hydrogen-bond donors (Lipinski definition) is 0. The van der Waals surface area contributed by atoms with E-state index in [1.807, 2.05) is 60.4 Å². The fourth-order valence-corrected chi connectivity index (χ4v) is 4.01. The molecule has 0 spiro atoms. The van der Waals surface area contributed by atoms with Gasteiger partial charge in [-0.15, -0.1) is 5.10 Å². The minimum atomic E-state index is -0.638. The Morgan fingerprint density at radius 3 is 2.53 bits per heavy atom. The molecule has 3 aromatic rings. The molecule has 1 aromatic heterocycles. The van der Waals surface area contributed by atoms with Crippen LogP contribution in [-0.4, -0.2) is 52.4 Å². The molecule has 5 rings (SSSR count). The van der Waals surface area contributed by atoms with E-state index in [-0.39, 0.29) is 18.1 Å². The summed E-state index contributed by atoms with van der Waals surface area (Å²) in [4.78, 5) is 14.9. The maximum absolute atomic E-state index is 13.1. The van der Waals surface area contributed by atoms with Crippen molar-refractivity contribution in [2.45, 2.75) is 38.1 Å². The standard InChI is InChI=1S/C23H23N3O4/c1-15-21(30-20-9-5-4-8-19(20)28-15)23(27)26-12-10-17(11-13-26)29-22-18-7-3-2-6-16(18)14-24-25-22/h2-9,14-15,17,21H,10-13H2,1H3. The van der Waals surface area contributed by atoms with Gasteiger partial charge in [0, 0.05) is 36.7 Å². The van der Waals surface area contributed by atoms with Crippen LogP contribution < -0.4 is 14.2 Å². The van der Waals surface area contributed by atoms with E-state index in [0.717, 1.165) is 23.6 Å². The van der Waals surface area contributed by atoms with Crippen LogP contribution in [0.1, 0.15) is 19.8 Å². The summed E-state index contributed by atoms with van der Waals surface area (Å²) in [5.41, 5.74) is 0. The van der Waals surface area contributed by atoms with E-state index in [9.17, 15) is 4.79 Å². The molecule has 0 saturated carbocycles. The molecule has 2 unspecified atom stereocenters. The SMILES string of the molecule is CC1Oc2ccccc2OC1C(=O)N1CCC(Oc2nncc3ccccc23)CC1. The topological polar surface area (TPSA) is 73.8 Å². The molecule has 2 aliphatic rings. The predicted molar refractivity (Wildman–Crippen MR) is 111 cm³/mol. The van der Waals surface area contributed by atoms with Crippen molar-refractivity contribution < 1.29 is 19.0 Å². The second-order valence-corrected chi connectivity index (χ2v) is 7.69. The van der Waals surface area contributed by atoms with E-state index < -0.39 is 6.10 Å². The van der Waals surface area contributed by atoms with Gasteiger partial charge >= 0.3 is 0 Å². The molecule has 0 radical (unpaired) electrons. The number of nitrogens with zero attached hydrogens (tertiary/aromatic N) is 3. The Hall–Kier alpha value is -3.35. The number of carbonyl (C=O) groups is 1.